The lowest BCUT2D eigenvalue weighted by Crippen LogP contribution is -2.39. The maximum absolute atomic E-state index is 11.8. The highest BCUT2D eigenvalue weighted by molar-refractivity contribution is 5.94. The normalized spacial score (nSPS) is 9.84. The zero-order chi connectivity index (χ0) is 14.4. The van der Waals surface area contributed by atoms with Crippen LogP contribution < -0.4 is 16.4 Å². The summed E-state index contributed by atoms with van der Waals surface area (Å²) in [5, 5.41) is 5.39. The van der Waals surface area contributed by atoms with E-state index in [0.29, 0.717) is 24.3 Å². The van der Waals surface area contributed by atoms with Crippen molar-refractivity contribution in [2.75, 3.05) is 32.9 Å². The summed E-state index contributed by atoms with van der Waals surface area (Å²) in [5.74, 6) is -0.179. The number of nitrogen functional groups attached to an aromatic ring is 1. The lowest BCUT2D eigenvalue weighted by molar-refractivity contribution is 0.0953. The average molecular weight is 264 g/mol. The van der Waals surface area contributed by atoms with Gasteiger partial charge in [-0.25, -0.2) is 4.79 Å². The van der Waals surface area contributed by atoms with Crippen molar-refractivity contribution in [1.29, 1.82) is 0 Å². The molecule has 0 spiro atoms. The summed E-state index contributed by atoms with van der Waals surface area (Å²) in [6, 6.07) is 4.94. The molecule has 19 heavy (non-hydrogen) atoms. The van der Waals surface area contributed by atoms with E-state index in [9.17, 15) is 9.59 Å². The molecule has 0 aromatic heterocycles. The minimum Gasteiger partial charge on any atom is -0.399 e. The first-order chi connectivity index (χ1) is 8.91. The van der Waals surface area contributed by atoms with Crippen molar-refractivity contribution in [2.45, 2.75) is 6.92 Å². The van der Waals surface area contributed by atoms with Crippen LogP contribution in [0.2, 0.25) is 0 Å². The molecule has 4 N–H and O–H groups in total. The lowest BCUT2D eigenvalue weighted by atomic mass is 10.1. The number of amides is 3. The third-order valence-electron chi connectivity index (χ3n) is 2.62. The Kier molecular flexibility index (Phi) is 5.17. The van der Waals surface area contributed by atoms with Gasteiger partial charge in [-0.1, -0.05) is 0 Å². The number of hydrogen-bond acceptors (Lipinski definition) is 3. The number of hydrogen-bond donors (Lipinski definition) is 3. The molecule has 0 radical (unpaired) electrons. The fourth-order valence-corrected chi connectivity index (χ4v) is 1.42. The summed E-state index contributed by atoms with van der Waals surface area (Å²) in [5.41, 5.74) is 7.78. The van der Waals surface area contributed by atoms with Crippen LogP contribution in [0.15, 0.2) is 18.2 Å². The average Bonchev–Trinajstić information content (AvgIpc) is 2.37. The number of rotatable bonds is 4. The Morgan fingerprint density at radius 3 is 2.42 bits per heavy atom. The number of benzene rings is 1. The number of anilines is 1. The summed E-state index contributed by atoms with van der Waals surface area (Å²) in [6.45, 7) is 2.61. The van der Waals surface area contributed by atoms with Gasteiger partial charge in [0.15, 0.2) is 0 Å². The van der Waals surface area contributed by atoms with Crippen molar-refractivity contribution in [3.63, 3.8) is 0 Å². The Bertz CT molecular complexity index is 472. The molecule has 3 amide bonds. The van der Waals surface area contributed by atoms with Crippen molar-refractivity contribution in [3.8, 4) is 0 Å². The molecule has 1 aromatic rings. The van der Waals surface area contributed by atoms with Gasteiger partial charge in [-0.05, 0) is 30.7 Å². The Labute approximate surface area is 113 Å². The number of nitrogens with zero attached hydrogens (tertiary/aromatic N) is 1. The van der Waals surface area contributed by atoms with Crippen molar-refractivity contribution in [3.05, 3.63) is 29.3 Å². The van der Waals surface area contributed by atoms with E-state index in [2.05, 4.69) is 10.6 Å². The molecular weight excluding hydrogens is 244 g/mol. The second kappa shape index (κ2) is 6.63. The fourth-order valence-electron chi connectivity index (χ4n) is 1.42. The Hall–Kier alpha value is -2.24. The maximum Gasteiger partial charge on any atom is 0.316 e. The van der Waals surface area contributed by atoms with E-state index in [1.54, 1.807) is 32.3 Å². The van der Waals surface area contributed by atoms with Crippen LogP contribution in [0.1, 0.15) is 15.9 Å². The molecule has 0 saturated carbocycles. The van der Waals surface area contributed by atoms with E-state index in [4.69, 9.17) is 5.73 Å². The monoisotopic (exact) mass is 264 g/mol. The van der Waals surface area contributed by atoms with Gasteiger partial charge in [0.1, 0.15) is 0 Å². The SMILES string of the molecule is Cc1cc(C(=O)NCCNC(=O)N(C)C)ccc1N. The molecule has 104 valence electrons. The molecule has 0 atom stereocenters. The standard InChI is InChI=1S/C13H20N4O2/c1-9-8-10(4-5-11(9)14)12(18)15-6-7-16-13(19)17(2)3/h4-5,8H,6-7,14H2,1-3H3,(H,15,18)(H,16,19). The molecule has 1 aromatic carbocycles. The van der Waals surface area contributed by atoms with Crippen molar-refractivity contribution >= 4 is 17.6 Å². The summed E-state index contributed by atoms with van der Waals surface area (Å²) in [6.07, 6.45) is 0. The molecule has 0 aliphatic rings. The number of carbonyl (C=O) groups excluding carboxylic acids is 2. The Morgan fingerprint density at radius 1 is 1.21 bits per heavy atom. The third-order valence-corrected chi connectivity index (χ3v) is 2.62. The molecule has 0 aliphatic carbocycles. The second-order valence-electron chi connectivity index (χ2n) is 4.45. The minimum absolute atomic E-state index is 0.179. The summed E-state index contributed by atoms with van der Waals surface area (Å²) in [7, 11) is 3.32. The molecule has 0 aliphatic heterocycles. The molecule has 6 nitrogen and oxygen atoms in total. The van der Waals surface area contributed by atoms with Crippen LogP contribution in [-0.2, 0) is 0 Å². The van der Waals surface area contributed by atoms with E-state index >= 15 is 0 Å². The van der Waals surface area contributed by atoms with E-state index in [1.807, 2.05) is 6.92 Å². The predicted molar refractivity (Wildman–Crippen MR) is 75.0 cm³/mol. The number of nitrogens with two attached hydrogens (primary N) is 1. The summed E-state index contributed by atoms with van der Waals surface area (Å²) < 4.78 is 0. The highest BCUT2D eigenvalue weighted by Gasteiger charge is 2.06. The van der Waals surface area contributed by atoms with Gasteiger partial charge in [0.2, 0.25) is 0 Å². The van der Waals surface area contributed by atoms with E-state index < -0.39 is 0 Å². The maximum atomic E-state index is 11.8. The predicted octanol–water partition coefficient (Wildman–Crippen LogP) is 0.578. The van der Waals surface area contributed by atoms with Gasteiger partial charge in [0, 0.05) is 38.4 Å². The minimum atomic E-state index is -0.183. The van der Waals surface area contributed by atoms with Crippen LogP contribution in [0.25, 0.3) is 0 Å². The summed E-state index contributed by atoms with van der Waals surface area (Å²) >= 11 is 0. The molecule has 0 heterocycles. The van der Waals surface area contributed by atoms with Crippen molar-refractivity contribution < 1.29 is 9.59 Å². The molecular formula is C13H20N4O2. The van der Waals surface area contributed by atoms with Gasteiger partial charge >= 0.3 is 6.03 Å². The topological polar surface area (TPSA) is 87.5 Å². The molecule has 1 rings (SSSR count). The quantitative estimate of drug-likeness (QED) is 0.549. The van der Waals surface area contributed by atoms with E-state index in [1.165, 1.54) is 4.90 Å². The zero-order valence-corrected chi connectivity index (χ0v) is 11.5. The van der Waals surface area contributed by atoms with Gasteiger partial charge in [-0.3, -0.25) is 4.79 Å². The second-order valence-corrected chi connectivity index (χ2v) is 4.45. The first-order valence-corrected chi connectivity index (χ1v) is 6.01. The van der Waals surface area contributed by atoms with Crippen LogP contribution in [-0.4, -0.2) is 44.0 Å². The van der Waals surface area contributed by atoms with E-state index in [-0.39, 0.29) is 11.9 Å². The van der Waals surface area contributed by atoms with Crippen LogP contribution >= 0.6 is 0 Å². The molecule has 0 fully saturated rings. The highest BCUT2D eigenvalue weighted by Crippen LogP contribution is 2.12. The smallest absolute Gasteiger partial charge is 0.316 e. The molecule has 0 unspecified atom stereocenters. The van der Waals surface area contributed by atoms with E-state index in [0.717, 1.165) is 5.56 Å². The van der Waals surface area contributed by atoms with Gasteiger partial charge in [0.25, 0.3) is 5.91 Å². The fraction of sp³-hybridized carbons (Fsp3) is 0.385. The largest absolute Gasteiger partial charge is 0.399 e. The zero-order valence-electron chi connectivity index (χ0n) is 11.5. The molecule has 0 saturated heterocycles. The third kappa shape index (κ3) is 4.50. The van der Waals surface area contributed by atoms with Gasteiger partial charge < -0.3 is 21.3 Å². The first kappa shape index (κ1) is 14.8. The number of aryl methyl sites for hydroxylation is 1. The number of carbonyl (C=O) groups is 2. The van der Waals surface area contributed by atoms with Gasteiger partial charge in [0.05, 0.1) is 0 Å². The van der Waals surface area contributed by atoms with Crippen LogP contribution in [0.3, 0.4) is 0 Å². The highest BCUT2D eigenvalue weighted by atomic mass is 16.2. The number of urea groups is 1. The summed E-state index contributed by atoms with van der Waals surface area (Å²) in [4.78, 5) is 24.5. The Balaban J connectivity index is 2.39. The van der Waals surface area contributed by atoms with Crippen LogP contribution in [0, 0.1) is 6.92 Å². The Morgan fingerprint density at radius 2 is 1.84 bits per heavy atom. The van der Waals surface area contributed by atoms with Crippen molar-refractivity contribution in [1.82, 2.24) is 15.5 Å². The molecule has 0 bridgehead atoms. The van der Waals surface area contributed by atoms with Crippen molar-refractivity contribution in [2.24, 2.45) is 0 Å². The van der Waals surface area contributed by atoms with Gasteiger partial charge in [-0.15, -0.1) is 0 Å². The lowest BCUT2D eigenvalue weighted by Gasteiger charge is -2.12. The van der Waals surface area contributed by atoms with Crippen LogP contribution in [0.5, 0.6) is 0 Å². The van der Waals surface area contributed by atoms with Crippen LogP contribution in [0.4, 0.5) is 10.5 Å². The van der Waals surface area contributed by atoms with Gasteiger partial charge in [-0.2, -0.15) is 0 Å². The molecule has 6 heteroatoms. The number of nitrogens with one attached hydrogen (secondary N) is 2. The first-order valence-electron chi connectivity index (χ1n) is 6.01.